The van der Waals surface area contributed by atoms with Gasteiger partial charge in [0.05, 0.1) is 0 Å². The van der Waals surface area contributed by atoms with Crippen LogP contribution in [-0.2, 0) is 0 Å². The van der Waals surface area contributed by atoms with E-state index < -0.39 is 0 Å². The van der Waals surface area contributed by atoms with Gasteiger partial charge in [-0.15, -0.1) is 0 Å². The van der Waals surface area contributed by atoms with Crippen LogP contribution in [0.1, 0.15) is 38.3 Å². The van der Waals surface area contributed by atoms with Crippen LogP contribution in [0.3, 0.4) is 0 Å². The van der Waals surface area contributed by atoms with Crippen LogP contribution in [-0.4, -0.2) is 31.6 Å². The summed E-state index contributed by atoms with van der Waals surface area (Å²) in [5, 5.41) is 3.76. The van der Waals surface area contributed by atoms with Crippen LogP contribution in [0, 0.1) is 0 Å². The molecule has 0 saturated heterocycles. The molecule has 1 atom stereocenters. The average molecular weight is 234 g/mol. The van der Waals surface area contributed by atoms with Crippen molar-refractivity contribution in [3.63, 3.8) is 0 Å². The van der Waals surface area contributed by atoms with Crippen molar-refractivity contribution < 1.29 is 0 Å². The van der Waals surface area contributed by atoms with Crippen LogP contribution in [0.15, 0.2) is 30.3 Å². The molecule has 17 heavy (non-hydrogen) atoms. The topological polar surface area (TPSA) is 15.3 Å². The predicted octanol–water partition coefficient (Wildman–Crippen LogP) is 3.07. The van der Waals surface area contributed by atoms with Crippen LogP contribution in [0.2, 0.25) is 0 Å². The van der Waals surface area contributed by atoms with Gasteiger partial charge >= 0.3 is 0 Å². The van der Waals surface area contributed by atoms with E-state index in [0.29, 0.717) is 12.1 Å². The first kappa shape index (κ1) is 14.2. The molecule has 0 heterocycles. The summed E-state index contributed by atoms with van der Waals surface area (Å²) in [6.45, 7) is 5.54. The second kappa shape index (κ2) is 7.46. The lowest BCUT2D eigenvalue weighted by Gasteiger charge is -2.27. The maximum atomic E-state index is 3.76. The first-order valence-electron chi connectivity index (χ1n) is 6.63. The zero-order valence-electron chi connectivity index (χ0n) is 11.6. The summed E-state index contributed by atoms with van der Waals surface area (Å²) < 4.78 is 0. The Morgan fingerprint density at radius 2 is 1.65 bits per heavy atom. The molecule has 1 aromatic rings. The Balaban J connectivity index is 2.73. The molecule has 0 amide bonds. The minimum atomic E-state index is 0.427. The third kappa shape index (κ3) is 4.88. The Morgan fingerprint density at radius 1 is 1.06 bits per heavy atom. The van der Waals surface area contributed by atoms with Gasteiger partial charge in [0.15, 0.2) is 0 Å². The molecular weight excluding hydrogens is 208 g/mol. The van der Waals surface area contributed by atoms with E-state index in [1.165, 1.54) is 18.4 Å². The van der Waals surface area contributed by atoms with Crippen LogP contribution >= 0.6 is 0 Å². The van der Waals surface area contributed by atoms with Crippen molar-refractivity contribution >= 4 is 0 Å². The van der Waals surface area contributed by atoms with E-state index in [1.54, 1.807) is 0 Å². The van der Waals surface area contributed by atoms with E-state index in [9.17, 15) is 0 Å². The van der Waals surface area contributed by atoms with Gasteiger partial charge in [-0.25, -0.2) is 0 Å². The first-order chi connectivity index (χ1) is 8.17. The zero-order valence-corrected chi connectivity index (χ0v) is 11.6. The maximum absolute atomic E-state index is 3.76. The van der Waals surface area contributed by atoms with E-state index in [4.69, 9.17) is 0 Å². The van der Waals surface area contributed by atoms with Gasteiger partial charge < -0.3 is 10.2 Å². The third-order valence-corrected chi connectivity index (χ3v) is 3.17. The number of rotatable bonds is 7. The summed E-state index contributed by atoms with van der Waals surface area (Å²) in [6.07, 6.45) is 2.38. The largest absolute Gasteiger partial charge is 0.308 e. The smallest absolute Gasteiger partial charge is 0.0451 e. The summed E-state index contributed by atoms with van der Waals surface area (Å²) in [5.41, 5.74) is 1.38. The molecule has 1 unspecified atom stereocenters. The lowest BCUT2D eigenvalue weighted by molar-refractivity contribution is 0.312. The lowest BCUT2D eigenvalue weighted by Crippen LogP contribution is -2.37. The van der Waals surface area contributed by atoms with Gasteiger partial charge in [-0.05, 0) is 32.5 Å². The predicted molar refractivity (Wildman–Crippen MR) is 75.2 cm³/mol. The second-order valence-electron chi connectivity index (χ2n) is 4.91. The highest BCUT2D eigenvalue weighted by Gasteiger charge is 2.15. The zero-order chi connectivity index (χ0) is 12.7. The second-order valence-corrected chi connectivity index (χ2v) is 4.91. The monoisotopic (exact) mass is 234 g/mol. The van der Waals surface area contributed by atoms with Crippen molar-refractivity contribution in [2.45, 2.75) is 38.8 Å². The van der Waals surface area contributed by atoms with E-state index in [1.807, 2.05) is 0 Å². The molecule has 1 rings (SSSR count). The van der Waals surface area contributed by atoms with E-state index in [0.717, 1.165) is 6.54 Å². The van der Waals surface area contributed by atoms with Gasteiger partial charge in [-0.3, -0.25) is 0 Å². The molecule has 0 aliphatic carbocycles. The number of likely N-dealkylation sites (N-methyl/N-ethyl adjacent to an activating group) is 1. The van der Waals surface area contributed by atoms with E-state index in [-0.39, 0.29) is 0 Å². The number of nitrogens with zero attached hydrogens (tertiary/aromatic N) is 1. The Morgan fingerprint density at radius 3 is 2.12 bits per heavy atom. The molecule has 96 valence electrons. The Kier molecular flexibility index (Phi) is 6.23. The number of hydrogen-bond acceptors (Lipinski definition) is 2. The number of benzene rings is 1. The van der Waals surface area contributed by atoms with Crippen LogP contribution in [0.5, 0.6) is 0 Å². The maximum Gasteiger partial charge on any atom is 0.0451 e. The fourth-order valence-electron chi connectivity index (χ4n) is 2.11. The number of nitrogens with one attached hydrogen (secondary N) is 1. The van der Waals surface area contributed by atoms with Gasteiger partial charge in [0.1, 0.15) is 0 Å². The Hall–Kier alpha value is -0.860. The molecule has 0 saturated carbocycles. The van der Waals surface area contributed by atoms with Crippen LogP contribution in [0.4, 0.5) is 0 Å². The summed E-state index contributed by atoms with van der Waals surface area (Å²) in [5.74, 6) is 0. The highest BCUT2D eigenvalue weighted by atomic mass is 15.1. The molecule has 1 N–H and O–H groups in total. The molecule has 0 radical (unpaired) electrons. The van der Waals surface area contributed by atoms with Gasteiger partial charge in [-0.2, -0.15) is 0 Å². The molecule has 0 aromatic heterocycles. The third-order valence-electron chi connectivity index (χ3n) is 3.17. The Bertz CT molecular complexity index is 291. The molecule has 2 heteroatoms. The molecular formula is C15H26N2. The Labute approximate surface area is 106 Å². The van der Waals surface area contributed by atoms with Gasteiger partial charge in [0.25, 0.3) is 0 Å². The summed E-state index contributed by atoms with van der Waals surface area (Å²) in [4.78, 5) is 2.24. The number of hydrogen-bond donors (Lipinski definition) is 1. The van der Waals surface area contributed by atoms with Gasteiger partial charge in [0, 0.05) is 18.6 Å². The van der Waals surface area contributed by atoms with Crippen LogP contribution < -0.4 is 5.32 Å². The fraction of sp³-hybridized carbons (Fsp3) is 0.600. The fourth-order valence-corrected chi connectivity index (χ4v) is 2.11. The van der Waals surface area contributed by atoms with E-state index >= 15 is 0 Å². The van der Waals surface area contributed by atoms with Crippen molar-refractivity contribution in [1.29, 1.82) is 0 Å². The minimum absolute atomic E-state index is 0.427. The average Bonchev–Trinajstić information content (AvgIpc) is 2.35. The normalized spacial score (nSPS) is 13.3. The summed E-state index contributed by atoms with van der Waals surface area (Å²) in [7, 11) is 4.26. The molecule has 1 aromatic carbocycles. The molecule has 2 nitrogen and oxygen atoms in total. The molecule has 0 spiro atoms. The molecule has 0 aliphatic heterocycles. The molecule has 0 bridgehead atoms. The van der Waals surface area contributed by atoms with Gasteiger partial charge in [-0.1, -0.05) is 44.2 Å². The lowest BCUT2D eigenvalue weighted by atomic mass is 10.0. The van der Waals surface area contributed by atoms with Crippen LogP contribution in [0.25, 0.3) is 0 Å². The summed E-state index contributed by atoms with van der Waals surface area (Å²) >= 11 is 0. The van der Waals surface area contributed by atoms with Crippen molar-refractivity contribution in [1.82, 2.24) is 10.2 Å². The first-order valence-corrected chi connectivity index (χ1v) is 6.63. The standard InChI is InChI=1S/C15H26N2/c1-5-14(6-2)16-15(12-17(3)4)13-10-8-7-9-11-13/h7-11,14-16H,5-6,12H2,1-4H3. The van der Waals surface area contributed by atoms with Crippen molar-refractivity contribution in [2.24, 2.45) is 0 Å². The van der Waals surface area contributed by atoms with E-state index in [2.05, 4.69) is 68.5 Å². The highest BCUT2D eigenvalue weighted by Crippen LogP contribution is 2.15. The van der Waals surface area contributed by atoms with Gasteiger partial charge in [0.2, 0.25) is 0 Å². The van der Waals surface area contributed by atoms with Crippen molar-refractivity contribution in [2.75, 3.05) is 20.6 Å². The summed E-state index contributed by atoms with van der Waals surface area (Å²) in [6, 6.07) is 11.8. The minimum Gasteiger partial charge on any atom is -0.308 e. The van der Waals surface area contributed by atoms with Crippen molar-refractivity contribution in [3.8, 4) is 0 Å². The quantitative estimate of drug-likeness (QED) is 0.780. The SMILES string of the molecule is CCC(CC)NC(CN(C)C)c1ccccc1. The highest BCUT2D eigenvalue weighted by molar-refractivity contribution is 5.19. The molecule has 0 fully saturated rings. The molecule has 0 aliphatic rings. The van der Waals surface area contributed by atoms with Crippen molar-refractivity contribution in [3.05, 3.63) is 35.9 Å².